The molecule has 0 aliphatic rings. The fraction of sp³-hybridized carbons (Fsp3) is 0.125. The Morgan fingerprint density at radius 2 is 1.69 bits per heavy atom. The third-order valence-corrected chi connectivity index (χ3v) is 5.45. The van der Waals surface area contributed by atoms with Gasteiger partial charge in [-0.15, -0.1) is 0 Å². The standard InChI is InChI=1S/C16H12BrCl3IN3OS/c17-10-7-5-9(6-8-10)13(25)23-14(16(18,19)20)24-15(26)22-12-4-2-1-3-11(12)21/h1-8,14H,(H,23,25)(H2,22,24,26)/t14-/m1/s1. The highest BCUT2D eigenvalue weighted by Gasteiger charge is 2.34. The van der Waals surface area contributed by atoms with E-state index in [-0.39, 0.29) is 5.11 Å². The van der Waals surface area contributed by atoms with Gasteiger partial charge in [0, 0.05) is 13.6 Å². The molecule has 138 valence electrons. The lowest BCUT2D eigenvalue weighted by atomic mass is 10.2. The number of alkyl halides is 3. The maximum atomic E-state index is 12.4. The van der Waals surface area contributed by atoms with E-state index in [1.54, 1.807) is 24.3 Å². The molecule has 0 heterocycles. The summed E-state index contributed by atoms with van der Waals surface area (Å²) in [6, 6.07) is 14.4. The molecule has 0 spiro atoms. The predicted octanol–water partition coefficient (Wildman–Crippen LogP) is 5.47. The van der Waals surface area contributed by atoms with Gasteiger partial charge in [0.2, 0.25) is 3.79 Å². The van der Waals surface area contributed by atoms with E-state index in [4.69, 9.17) is 47.0 Å². The molecule has 1 amide bonds. The molecule has 3 N–H and O–H groups in total. The summed E-state index contributed by atoms with van der Waals surface area (Å²) in [5, 5.41) is 8.68. The van der Waals surface area contributed by atoms with Gasteiger partial charge in [-0.05, 0) is 71.2 Å². The van der Waals surface area contributed by atoms with E-state index >= 15 is 0 Å². The van der Waals surface area contributed by atoms with Gasteiger partial charge in [0.1, 0.15) is 6.17 Å². The zero-order chi connectivity index (χ0) is 19.3. The van der Waals surface area contributed by atoms with Crippen LogP contribution in [-0.4, -0.2) is 21.0 Å². The van der Waals surface area contributed by atoms with Gasteiger partial charge < -0.3 is 16.0 Å². The molecule has 0 saturated heterocycles. The van der Waals surface area contributed by atoms with Gasteiger partial charge in [0.05, 0.1) is 5.69 Å². The van der Waals surface area contributed by atoms with Crippen molar-refractivity contribution in [3.63, 3.8) is 0 Å². The Balaban J connectivity index is 2.07. The fourth-order valence-corrected chi connectivity index (χ4v) is 3.21. The number of para-hydroxylation sites is 1. The quantitative estimate of drug-likeness (QED) is 0.187. The summed E-state index contributed by atoms with van der Waals surface area (Å²) in [6.45, 7) is 0. The van der Waals surface area contributed by atoms with Crippen LogP contribution in [0.5, 0.6) is 0 Å². The molecule has 0 unspecified atom stereocenters. The zero-order valence-electron chi connectivity index (χ0n) is 12.9. The summed E-state index contributed by atoms with van der Waals surface area (Å²) in [7, 11) is 0. The smallest absolute Gasteiger partial charge is 0.252 e. The summed E-state index contributed by atoms with van der Waals surface area (Å²) in [5.74, 6) is -0.404. The number of nitrogens with one attached hydrogen (secondary N) is 3. The number of halogens is 5. The van der Waals surface area contributed by atoms with Crippen LogP contribution in [0.1, 0.15) is 10.4 Å². The Labute approximate surface area is 193 Å². The van der Waals surface area contributed by atoms with Crippen LogP contribution in [0.3, 0.4) is 0 Å². The van der Waals surface area contributed by atoms with E-state index in [1.165, 1.54) is 0 Å². The number of carbonyl (C=O) groups excluding carboxylic acids is 1. The van der Waals surface area contributed by atoms with Crippen LogP contribution in [0.15, 0.2) is 53.0 Å². The summed E-state index contributed by atoms with van der Waals surface area (Å²) in [6.07, 6.45) is -1.04. The van der Waals surface area contributed by atoms with Crippen molar-refractivity contribution < 1.29 is 4.79 Å². The van der Waals surface area contributed by atoms with Crippen molar-refractivity contribution in [2.45, 2.75) is 9.96 Å². The number of hydrogen-bond donors (Lipinski definition) is 3. The van der Waals surface area contributed by atoms with Crippen molar-refractivity contribution in [3.05, 3.63) is 62.1 Å². The van der Waals surface area contributed by atoms with Crippen molar-refractivity contribution in [1.29, 1.82) is 0 Å². The molecule has 0 bridgehead atoms. The Hall–Kier alpha value is -0.320. The molecule has 0 saturated carbocycles. The Morgan fingerprint density at radius 3 is 2.27 bits per heavy atom. The maximum absolute atomic E-state index is 12.4. The van der Waals surface area contributed by atoms with Crippen LogP contribution in [-0.2, 0) is 0 Å². The first kappa shape index (κ1) is 22.0. The van der Waals surface area contributed by atoms with Crippen molar-refractivity contribution in [2.24, 2.45) is 0 Å². The van der Waals surface area contributed by atoms with Gasteiger partial charge in [-0.25, -0.2) is 0 Å². The van der Waals surface area contributed by atoms with Gasteiger partial charge in [-0.1, -0.05) is 62.9 Å². The molecular weight excluding hydrogens is 595 g/mol. The second kappa shape index (κ2) is 9.75. The largest absolute Gasteiger partial charge is 0.339 e. The molecule has 10 heteroatoms. The molecule has 4 nitrogen and oxygen atoms in total. The first-order chi connectivity index (χ1) is 12.2. The van der Waals surface area contributed by atoms with E-state index in [0.29, 0.717) is 5.56 Å². The molecule has 1 atom stereocenters. The lowest BCUT2D eigenvalue weighted by Crippen LogP contribution is -2.56. The number of hydrogen-bond acceptors (Lipinski definition) is 2. The van der Waals surface area contributed by atoms with Crippen LogP contribution in [0.2, 0.25) is 0 Å². The number of amides is 1. The highest BCUT2D eigenvalue weighted by atomic mass is 127. The van der Waals surface area contributed by atoms with Crippen LogP contribution in [0.4, 0.5) is 5.69 Å². The molecule has 0 aliphatic heterocycles. The summed E-state index contributed by atoms with van der Waals surface area (Å²) in [4.78, 5) is 12.4. The van der Waals surface area contributed by atoms with Crippen LogP contribution in [0, 0.1) is 3.57 Å². The fourth-order valence-electron chi connectivity index (χ4n) is 1.87. The second-order valence-electron chi connectivity index (χ2n) is 5.03. The molecule has 0 fully saturated rings. The van der Waals surface area contributed by atoms with E-state index < -0.39 is 15.9 Å². The third-order valence-electron chi connectivity index (χ3n) is 3.11. The van der Waals surface area contributed by atoms with Gasteiger partial charge in [0.15, 0.2) is 5.11 Å². The Morgan fingerprint density at radius 1 is 1.08 bits per heavy atom. The average Bonchev–Trinajstić information content (AvgIpc) is 2.56. The van der Waals surface area contributed by atoms with Crippen molar-refractivity contribution in [3.8, 4) is 0 Å². The minimum absolute atomic E-state index is 0.210. The third kappa shape index (κ3) is 6.69. The number of anilines is 1. The highest BCUT2D eigenvalue weighted by molar-refractivity contribution is 14.1. The van der Waals surface area contributed by atoms with Gasteiger partial charge in [-0.2, -0.15) is 0 Å². The Bertz CT molecular complexity index is 802. The normalized spacial score (nSPS) is 12.2. The first-order valence-corrected chi connectivity index (χ1v) is 10.5. The van der Waals surface area contributed by atoms with Crippen LogP contribution < -0.4 is 16.0 Å². The van der Waals surface area contributed by atoms with Gasteiger partial charge in [0.25, 0.3) is 5.91 Å². The maximum Gasteiger partial charge on any atom is 0.252 e. The SMILES string of the molecule is O=C(N[C@H](NC(=S)Nc1ccccc1I)C(Cl)(Cl)Cl)c1ccc(Br)cc1. The number of carbonyl (C=O) groups is 1. The second-order valence-corrected chi connectivity index (χ2v) is 9.89. The van der Waals surface area contributed by atoms with E-state index in [0.717, 1.165) is 13.7 Å². The minimum Gasteiger partial charge on any atom is -0.339 e. The molecule has 2 rings (SSSR count). The Kier molecular flexibility index (Phi) is 8.24. The van der Waals surface area contributed by atoms with Crippen molar-refractivity contribution in [1.82, 2.24) is 10.6 Å². The minimum atomic E-state index is -1.82. The topological polar surface area (TPSA) is 53.2 Å². The zero-order valence-corrected chi connectivity index (χ0v) is 19.7. The number of benzene rings is 2. The number of rotatable bonds is 4. The first-order valence-electron chi connectivity index (χ1n) is 7.12. The lowest BCUT2D eigenvalue weighted by Gasteiger charge is -2.28. The van der Waals surface area contributed by atoms with E-state index in [1.807, 2.05) is 24.3 Å². The molecule has 0 radical (unpaired) electrons. The summed E-state index contributed by atoms with van der Waals surface area (Å²) in [5.41, 5.74) is 1.22. The summed E-state index contributed by atoms with van der Waals surface area (Å²) >= 11 is 28.7. The van der Waals surface area contributed by atoms with Gasteiger partial charge >= 0.3 is 0 Å². The lowest BCUT2D eigenvalue weighted by molar-refractivity contribution is 0.0934. The van der Waals surface area contributed by atoms with Crippen LogP contribution in [0.25, 0.3) is 0 Å². The van der Waals surface area contributed by atoms with Crippen molar-refractivity contribution in [2.75, 3.05) is 5.32 Å². The molecule has 26 heavy (non-hydrogen) atoms. The number of thiocarbonyl (C=S) groups is 1. The summed E-state index contributed by atoms with van der Waals surface area (Å²) < 4.78 is 0.00664. The predicted molar refractivity (Wildman–Crippen MR) is 124 cm³/mol. The molecule has 2 aromatic carbocycles. The van der Waals surface area contributed by atoms with Crippen molar-refractivity contribution >= 4 is 102 Å². The average molecular weight is 608 g/mol. The highest BCUT2D eigenvalue weighted by Crippen LogP contribution is 2.29. The van der Waals surface area contributed by atoms with E-state index in [2.05, 4.69) is 54.5 Å². The molecule has 0 aromatic heterocycles. The molecule has 0 aliphatic carbocycles. The van der Waals surface area contributed by atoms with Crippen LogP contribution >= 0.6 is 85.5 Å². The molecule has 2 aromatic rings. The van der Waals surface area contributed by atoms with E-state index in [9.17, 15) is 4.79 Å². The monoisotopic (exact) mass is 605 g/mol. The molecular formula is C16H12BrCl3IN3OS. The van der Waals surface area contributed by atoms with Gasteiger partial charge in [-0.3, -0.25) is 4.79 Å².